The van der Waals surface area contributed by atoms with Crippen LogP contribution < -0.4 is 15.2 Å². The van der Waals surface area contributed by atoms with Gasteiger partial charge >= 0.3 is 0 Å². The van der Waals surface area contributed by atoms with Gasteiger partial charge in [-0.25, -0.2) is 15.0 Å². The van der Waals surface area contributed by atoms with Gasteiger partial charge < -0.3 is 9.64 Å². The van der Waals surface area contributed by atoms with Gasteiger partial charge in [0.2, 0.25) is 5.88 Å². The van der Waals surface area contributed by atoms with Gasteiger partial charge in [-0.15, -0.1) is 0 Å². The minimum Gasteiger partial charge on any atom is -0.481 e. The lowest BCUT2D eigenvalue weighted by Crippen LogP contribution is -2.40. The fourth-order valence-corrected chi connectivity index (χ4v) is 4.27. The molecular formula is C20H26N6O2. The number of anilines is 1. The standard InChI is InChI=1S/C20H26N6O2/c1-28-19-10-18(21-13-22-19)25-7-5-17-23-16-4-6-24(11-14-2-3-14)12-15(16)20(27)26(17)9-8-25/h10,13-14H,2-9,11-12H2,1H3. The van der Waals surface area contributed by atoms with Gasteiger partial charge in [0.25, 0.3) is 5.56 Å². The molecule has 0 atom stereocenters. The summed E-state index contributed by atoms with van der Waals surface area (Å²) in [6.07, 6.45) is 5.82. The molecule has 0 N–H and O–H groups in total. The molecule has 4 heterocycles. The van der Waals surface area contributed by atoms with Crippen LogP contribution >= 0.6 is 0 Å². The van der Waals surface area contributed by atoms with Gasteiger partial charge in [-0.2, -0.15) is 0 Å². The highest BCUT2D eigenvalue weighted by atomic mass is 16.5. The van der Waals surface area contributed by atoms with Crippen molar-refractivity contribution in [1.29, 1.82) is 0 Å². The second kappa shape index (κ2) is 7.16. The third-order valence-corrected chi connectivity index (χ3v) is 6.05. The smallest absolute Gasteiger partial charge is 0.258 e. The summed E-state index contributed by atoms with van der Waals surface area (Å²) in [6.45, 7) is 5.03. The van der Waals surface area contributed by atoms with Crippen LogP contribution in [0, 0.1) is 5.92 Å². The van der Waals surface area contributed by atoms with E-state index in [2.05, 4.69) is 19.8 Å². The summed E-state index contributed by atoms with van der Waals surface area (Å²) < 4.78 is 7.10. The van der Waals surface area contributed by atoms with Crippen LogP contribution in [0.15, 0.2) is 17.2 Å². The van der Waals surface area contributed by atoms with E-state index in [0.29, 0.717) is 12.4 Å². The highest BCUT2D eigenvalue weighted by molar-refractivity contribution is 5.41. The number of ether oxygens (including phenoxy) is 1. The molecule has 0 unspecified atom stereocenters. The van der Waals surface area contributed by atoms with Crippen molar-refractivity contribution in [3.63, 3.8) is 0 Å². The highest BCUT2D eigenvalue weighted by Gasteiger charge is 2.29. The van der Waals surface area contributed by atoms with E-state index in [-0.39, 0.29) is 5.56 Å². The zero-order chi connectivity index (χ0) is 19.1. The van der Waals surface area contributed by atoms with E-state index in [0.717, 1.165) is 74.4 Å². The van der Waals surface area contributed by atoms with Crippen molar-refractivity contribution in [2.75, 3.05) is 38.2 Å². The molecule has 28 heavy (non-hydrogen) atoms. The van der Waals surface area contributed by atoms with Crippen molar-refractivity contribution < 1.29 is 4.74 Å². The first-order chi connectivity index (χ1) is 13.7. The summed E-state index contributed by atoms with van der Waals surface area (Å²) in [7, 11) is 1.60. The number of aromatic nitrogens is 4. The number of rotatable bonds is 4. The fourth-order valence-electron chi connectivity index (χ4n) is 4.27. The maximum absolute atomic E-state index is 13.2. The maximum atomic E-state index is 13.2. The Labute approximate surface area is 164 Å². The van der Waals surface area contributed by atoms with Gasteiger partial charge in [-0.05, 0) is 18.8 Å². The number of hydrogen-bond acceptors (Lipinski definition) is 7. The van der Waals surface area contributed by atoms with E-state index in [1.165, 1.54) is 19.2 Å². The first-order valence-corrected chi connectivity index (χ1v) is 10.2. The Kier molecular flexibility index (Phi) is 4.50. The number of hydrogen-bond donors (Lipinski definition) is 0. The Balaban J connectivity index is 1.39. The molecule has 0 aromatic carbocycles. The molecular weight excluding hydrogens is 356 g/mol. The molecule has 8 nitrogen and oxygen atoms in total. The van der Waals surface area contributed by atoms with Gasteiger partial charge in [-0.3, -0.25) is 14.3 Å². The quantitative estimate of drug-likeness (QED) is 0.777. The molecule has 148 valence electrons. The zero-order valence-electron chi connectivity index (χ0n) is 16.3. The molecule has 2 aromatic rings. The molecule has 0 bridgehead atoms. The first kappa shape index (κ1) is 17.6. The summed E-state index contributed by atoms with van der Waals surface area (Å²) in [5.41, 5.74) is 2.08. The van der Waals surface area contributed by atoms with Crippen LogP contribution in [0.4, 0.5) is 5.82 Å². The van der Waals surface area contributed by atoms with Gasteiger partial charge in [0.1, 0.15) is 18.0 Å². The SMILES string of the molecule is COc1cc(N2CCc3nc4c(c(=O)n3CC2)CN(CC2CC2)CC4)ncn1. The average Bonchev–Trinajstić information content (AvgIpc) is 3.55. The Bertz CT molecular complexity index is 939. The normalized spacial score (nSPS) is 19.7. The van der Waals surface area contributed by atoms with Gasteiger partial charge in [0, 0.05) is 58.2 Å². The largest absolute Gasteiger partial charge is 0.481 e. The van der Waals surface area contributed by atoms with Gasteiger partial charge in [-0.1, -0.05) is 0 Å². The number of fused-ring (bicyclic) bond motifs is 2. The zero-order valence-corrected chi connectivity index (χ0v) is 16.3. The van der Waals surface area contributed by atoms with E-state index in [4.69, 9.17) is 9.72 Å². The van der Waals surface area contributed by atoms with Gasteiger partial charge in [0.15, 0.2) is 0 Å². The minimum absolute atomic E-state index is 0.155. The first-order valence-electron chi connectivity index (χ1n) is 10.2. The van der Waals surface area contributed by atoms with E-state index in [1.807, 2.05) is 10.6 Å². The van der Waals surface area contributed by atoms with Crippen LogP contribution in [0.5, 0.6) is 5.88 Å². The van der Waals surface area contributed by atoms with Crippen LogP contribution in [0.3, 0.4) is 0 Å². The molecule has 0 saturated heterocycles. The highest BCUT2D eigenvalue weighted by Crippen LogP contribution is 2.31. The predicted molar refractivity (Wildman–Crippen MR) is 105 cm³/mol. The van der Waals surface area contributed by atoms with E-state index in [1.54, 1.807) is 7.11 Å². The lowest BCUT2D eigenvalue weighted by Gasteiger charge is -2.28. The topological polar surface area (TPSA) is 76.4 Å². The van der Waals surface area contributed by atoms with Crippen molar-refractivity contribution in [2.24, 2.45) is 5.92 Å². The average molecular weight is 382 g/mol. The number of methoxy groups -OCH3 is 1. The molecule has 0 amide bonds. The third-order valence-electron chi connectivity index (χ3n) is 6.05. The van der Waals surface area contributed by atoms with Crippen LogP contribution in [0.2, 0.25) is 0 Å². The molecule has 1 saturated carbocycles. The summed E-state index contributed by atoms with van der Waals surface area (Å²) in [4.78, 5) is 31.2. The predicted octanol–water partition coefficient (Wildman–Crippen LogP) is 0.873. The van der Waals surface area contributed by atoms with Crippen molar-refractivity contribution in [1.82, 2.24) is 24.4 Å². The number of nitrogens with zero attached hydrogens (tertiary/aromatic N) is 6. The molecule has 2 aromatic heterocycles. The van der Waals surface area contributed by atoms with Crippen LogP contribution in [-0.4, -0.2) is 57.7 Å². The van der Waals surface area contributed by atoms with E-state index >= 15 is 0 Å². The Hall–Kier alpha value is -2.48. The molecule has 2 aliphatic heterocycles. The molecule has 0 spiro atoms. The summed E-state index contributed by atoms with van der Waals surface area (Å²) in [5, 5.41) is 0. The maximum Gasteiger partial charge on any atom is 0.258 e. The van der Waals surface area contributed by atoms with E-state index < -0.39 is 0 Å². The summed E-state index contributed by atoms with van der Waals surface area (Å²) >= 11 is 0. The molecule has 8 heteroatoms. The molecule has 1 fully saturated rings. The van der Waals surface area contributed by atoms with Crippen molar-refractivity contribution in [3.8, 4) is 5.88 Å². The fraction of sp³-hybridized carbons (Fsp3) is 0.600. The van der Waals surface area contributed by atoms with Crippen molar-refractivity contribution in [3.05, 3.63) is 39.8 Å². The summed E-state index contributed by atoms with van der Waals surface area (Å²) in [6, 6.07) is 1.84. The second-order valence-electron chi connectivity index (χ2n) is 7.99. The molecule has 3 aliphatic rings. The Morgan fingerprint density at radius 3 is 2.86 bits per heavy atom. The van der Waals surface area contributed by atoms with Crippen LogP contribution in [0.1, 0.15) is 29.9 Å². The minimum atomic E-state index is 0.155. The lowest BCUT2D eigenvalue weighted by molar-refractivity contribution is 0.239. The monoisotopic (exact) mass is 382 g/mol. The molecule has 1 aliphatic carbocycles. The van der Waals surface area contributed by atoms with Gasteiger partial charge in [0.05, 0.1) is 18.4 Å². The Morgan fingerprint density at radius 2 is 2.04 bits per heavy atom. The summed E-state index contributed by atoms with van der Waals surface area (Å²) in [5.74, 6) is 3.13. The van der Waals surface area contributed by atoms with Crippen LogP contribution in [-0.2, 0) is 25.9 Å². The lowest BCUT2D eigenvalue weighted by atomic mass is 10.1. The van der Waals surface area contributed by atoms with Crippen molar-refractivity contribution >= 4 is 5.82 Å². The van der Waals surface area contributed by atoms with Crippen molar-refractivity contribution in [2.45, 2.75) is 38.8 Å². The van der Waals surface area contributed by atoms with E-state index in [9.17, 15) is 4.79 Å². The third kappa shape index (κ3) is 3.37. The molecule has 5 rings (SSSR count). The second-order valence-corrected chi connectivity index (χ2v) is 7.99. The Morgan fingerprint density at radius 1 is 1.14 bits per heavy atom. The molecule has 0 radical (unpaired) electrons. The van der Waals surface area contributed by atoms with Crippen LogP contribution in [0.25, 0.3) is 0 Å².